The molecule has 24 heavy (non-hydrogen) atoms. The van der Waals surface area contributed by atoms with Crippen molar-refractivity contribution in [2.45, 2.75) is 46.8 Å². The van der Waals surface area contributed by atoms with Gasteiger partial charge in [-0.15, -0.1) is 0 Å². The van der Waals surface area contributed by atoms with Crippen LogP contribution in [0, 0.1) is 0 Å². The van der Waals surface area contributed by atoms with Crippen molar-refractivity contribution in [3.63, 3.8) is 0 Å². The van der Waals surface area contributed by atoms with Gasteiger partial charge in [0.05, 0.1) is 13.1 Å². The first kappa shape index (κ1) is 19.8. The number of likely N-dealkylation sites (N-methyl/N-ethyl adjacent to an activating group) is 1. The minimum Gasteiger partial charge on any atom is -0.488 e. The fourth-order valence-electron chi connectivity index (χ4n) is 1.99. The van der Waals surface area contributed by atoms with Gasteiger partial charge >= 0.3 is 0 Å². The molecule has 6 heteroatoms. The van der Waals surface area contributed by atoms with Crippen LogP contribution in [0.25, 0.3) is 0 Å². The van der Waals surface area contributed by atoms with Crippen molar-refractivity contribution in [3.8, 4) is 5.75 Å². The zero-order valence-corrected chi connectivity index (χ0v) is 15.4. The second-order valence-corrected chi connectivity index (χ2v) is 6.32. The maximum atomic E-state index is 11.6. The van der Waals surface area contributed by atoms with E-state index in [2.05, 4.69) is 20.9 Å². The van der Waals surface area contributed by atoms with Crippen molar-refractivity contribution < 1.29 is 9.53 Å². The van der Waals surface area contributed by atoms with Gasteiger partial charge in [0.2, 0.25) is 5.91 Å². The van der Waals surface area contributed by atoms with Crippen LogP contribution >= 0.6 is 0 Å². The smallest absolute Gasteiger partial charge is 0.239 e. The van der Waals surface area contributed by atoms with Crippen LogP contribution in [0.15, 0.2) is 29.3 Å². The van der Waals surface area contributed by atoms with Crippen LogP contribution in [-0.2, 0) is 11.3 Å². The van der Waals surface area contributed by atoms with E-state index in [0.29, 0.717) is 19.0 Å². The third-order valence-electron chi connectivity index (χ3n) is 2.93. The van der Waals surface area contributed by atoms with E-state index < -0.39 is 0 Å². The van der Waals surface area contributed by atoms with Crippen LogP contribution in [0.4, 0.5) is 0 Å². The van der Waals surface area contributed by atoms with Gasteiger partial charge in [-0.2, -0.15) is 0 Å². The maximum Gasteiger partial charge on any atom is 0.239 e. The van der Waals surface area contributed by atoms with Crippen LogP contribution < -0.4 is 20.7 Å². The second-order valence-electron chi connectivity index (χ2n) is 6.32. The number of carbonyl (C=O) groups is 1. The number of guanidine groups is 1. The summed E-state index contributed by atoms with van der Waals surface area (Å²) in [5.74, 6) is 1.38. The zero-order chi connectivity index (χ0) is 18.0. The maximum absolute atomic E-state index is 11.6. The van der Waals surface area contributed by atoms with Gasteiger partial charge < -0.3 is 20.7 Å². The van der Waals surface area contributed by atoms with Crippen molar-refractivity contribution in [2.75, 3.05) is 19.6 Å². The molecule has 0 aliphatic rings. The third kappa shape index (κ3) is 7.85. The Bertz CT molecular complexity index is 550. The van der Waals surface area contributed by atoms with Crippen molar-refractivity contribution in [1.29, 1.82) is 0 Å². The van der Waals surface area contributed by atoms with Gasteiger partial charge in [-0.05, 0) is 40.7 Å². The van der Waals surface area contributed by atoms with E-state index in [0.717, 1.165) is 17.9 Å². The average Bonchev–Trinajstić information content (AvgIpc) is 2.50. The number of benzene rings is 1. The predicted molar refractivity (Wildman–Crippen MR) is 98.3 cm³/mol. The fourth-order valence-corrected chi connectivity index (χ4v) is 1.99. The first-order valence-electron chi connectivity index (χ1n) is 8.41. The van der Waals surface area contributed by atoms with Crippen LogP contribution in [-0.4, -0.2) is 37.1 Å². The molecule has 1 amide bonds. The van der Waals surface area contributed by atoms with E-state index in [9.17, 15) is 4.79 Å². The molecule has 0 saturated carbocycles. The Hall–Kier alpha value is -2.24. The molecule has 1 rings (SSSR count). The number of hydrogen-bond donors (Lipinski definition) is 3. The molecule has 0 aliphatic heterocycles. The van der Waals surface area contributed by atoms with Gasteiger partial charge in [0, 0.05) is 18.7 Å². The summed E-state index contributed by atoms with van der Waals surface area (Å²) in [4.78, 5) is 16.1. The predicted octanol–water partition coefficient (Wildman–Crippen LogP) is 2.06. The largest absolute Gasteiger partial charge is 0.488 e. The lowest BCUT2D eigenvalue weighted by Gasteiger charge is -2.23. The van der Waals surface area contributed by atoms with Crippen LogP contribution in [0.3, 0.4) is 0 Å². The molecule has 1 aromatic rings. The zero-order valence-electron chi connectivity index (χ0n) is 15.4. The number of para-hydroxylation sites is 1. The Labute approximate surface area is 145 Å². The highest BCUT2D eigenvalue weighted by atomic mass is 16.5. The molecule has 0 atom stereocenters. The van der Waals surface area contributed by atoms with E-state index in [1.54, 1.807) is 0 Å². The molecule has 0 spiro atoms. The summed E-state index contributed by atoms with van der Waals surface area (Å²) in [5.41, 5.74) is 0.739. The van der Waals surface area contributed by atoms with E-state index >= 15 is 0 Å². The van der Waals surface area contributed by atoms with Crippen molar-refractivity contribution in [1.82, 2.24) is 16.0 Å². The molecule has 0 bridgehead atoms. The molecule has 3 N–H and O–H groups in total. The first-order valence-corrected chi connectivity index (χ1v) is 8.41. The molecule has 0 fully saturated rings. The Balaban J connectivity index is 2.77. The van der Waals surface area contributed by atoms with Crippen LogP contribution in [0.1, 0.15) is 40.2 Å². The summed E-state index contributed by atoms with van der Waals surface area (Å²) in [5, 5.41) is 8.91. The highest BCUT2D eigenvalue weighted by molar-refractivity contribution is 5.86. The Morgan fingerprint density at radius 2 is 1.75 bits per heavy atom. The standard InChI is InChI=1S/C18H30N4O2/c1-6-19-16(23)13-22-17(20-7-2)21-12-14-10-8-9-11-15(14)24-18(3,4)5/h8-11H,6-7,12-13H2,1-5H3,(H,19,23)(H2,20,21,22). The van der Waals surface area contributed by atoms with Crippen LogP contribution in [0.2, 0.25) is 0 Å². The number of carbonyl (C=O) groups excluding carboxylic acids is 1. The minimum atomic E-state index is -0.263. The molecule has 1 aromatic carbocycles. The van der Waals surface area contributed by atoms with Crippen molar-refractivity contribution in [2.24, 2.45) is 4.99 Å². The first-order chi connectivity index (χ1) is 11.4. The number of nitrogens with zero attached hydrogens (tertiary/aromatic N) is 1. The van der Waals surface area contributed by atoms with E-state index in [-0.39, 0.29) is 18.1 Å². The molecule has 0 heterocycles. The number of amides is 1. The lowest BCUT2D eigenvalue weighted by atomic mass is 10.1. The van der Waals surface area contributed by atoms with Crippen molar-refractivity contribution >= 4 is 11.9 Å². The van der Waals surface area contributed by atoms with E-state index in [4.69, 9.17) is 4.74 Å². The Morgan fingerprint density at radius 1 is 1.08 bits per heavy atom. The molecule has 6 nitrogen and oxygen atoms in total. The molecule has 0 saturated heterocycles. The monoisotopic (exact) mass is 334 g/mol. The molecular formula is C18H30N4O2. The summed E-state index contributed by atoms with van der Waals surface area (Å²) >= 11 is 0. The van der Waals surface area contributed by atoms with Gasteiger partial charge in [0.15, 0.2) is 5.96 Å². The molecular weight excluding hydrogens is 304 g/mol. The summed E-state index contributed by atoms with van der Waals surface area (Å²) in [6.45, 7) is 11.9. The average molecular weight is 334 g/mol. The third-order valence-corrected chi connectivity index (χ3v) is 2.93. The molecule has 0 aliphatic carbocycles. The van der Waals surface area contributed by atoms with Gasteiger partial charge in [0.25, 0.3) is 0 Å². The lowest BCUT2D eigenvalue weighted by Crippen LogP contribution is -2.43. The summed E-state index contributed by atoms with van der Waals surface area (Å²) in [7, 11) is 0. The van der Waals surface area contributed by atoms with Gasteiger partial charge in [-0.1, -0.05) is 18.2 Å². The highest BCUT2D eigenvalue weighted by Crippen LogP contribution is 2.23. The Morgan fingerprint density at radius 3 is 2.38 bits per heavy atom. The quantitative estimate of drug-likeness (QED) is 0.527. The summed E-state index contributed by atoms with van der Waals surface area (Å²) in [6.07, 6.45) is 0. The number of ether oxygens (including phenoxy) is 1. The summed E-state index contributed by atoms with van der Waals surface area (Å²) < 4.78 is 5.98. The topological polar surface area (TPSA) is 74.8 Å². The SMILES string of the molecule is CCNC(=O)CNC(=NCc1ccccc1OC(C)(C)C)NCC. The Kier molecular flexibility index (Phi) is 8.09. The molecule has 0 aromatic heterocycles. The number of rotatable bonds is 7. The normalized spacial score (nSPS) is 11.8. The highest BCUT2D eigenvalue weighted by Gasteiger charge is 2.14. The summed E-state index contributed by atoms with van der Waals surface area (Å²) in [6, 6.07) is 7.87. The number of nitrogens with one attached hydrogen (secondary N) is 3. The van der Waals surface area contributed by atoms with E-state index in [1.807, 2.05) is 58.9 Å². The van der Waals surface area contributed by atoms with Gasteiger partial charge in [-0.25, -0.2) is 4.99 Å². The minimum absolute atomic E-state index is 0.0560. The molecule has 0 radical (unpaired) electrons. The van der Waals surface area contributed by atoms with Gasteiger partial charge in [0.1, 0.15) is 11.4 Å². The van der Waals surface area contributed by atoms with Crippen LogP contribution in [0.5, 0.6) is 5.75 Å². The number of hydrogen-bond acceptors (Lipinski definition) is 3. The van der Waals surface area contributed by atoms with E-state index in [1.165, 1.54) is 0 Å². The fraction of sp³-hybridized carbons (Fsp3) is 0.556. The second kappa shape index (κ2) is 9.80. The number of aliphatic imine (C=N–C) groups is 1. The van der Waals surface area contributed by atoms with Gasteiger partial charge in [-0.3, -0.25) is 4.79 Å². The molecule has 0 unspecified atom stereocenters. The molecule has 134 valence electrons. The lowest BCUT2D eigenvalue weighted by molar-refractivity contribution is -0.119. The van der Waals surface area contributed by atoms with Crippen molar-refractivity contribution in [3.05, 3.63) is 29.8 Å².